The average molecular weight is 560 g/mol. The van der Waals surface area contributed by atoms with Gasteiger partial charge in [0.15, 0.2) is 0 Å². The van der Waals surface area contributed by atoms with E-state index >= 15 is 0 Å². The zero-order chi connectivity index (χ0) is 28.6. The van der Waals surface area contributed by atoms with Crippen LogP contribution in [-0.4, -0.2) is 35.7 Å². The van der Waals surface area contributed by atoms with Gasteiger partial charge >= 0.3 is 0 Å². The highest BCUT2D eigenvalue weighted by atomic mass is 35.5. The third-order valence-electron chi connectivity index (χ3n) is 7.58. The van der Waals surface area contributed by atoms with Gasteiger partial charge in [-0.15, -0.1) is 0 Å². The lowest BCUT2D eigenvalue weighted by molar-refractivity contribution is 0.211. The zero-order valence-electron chi connectivity index (χ0n) is 24.7. The number of hydrogen-bond donors (Lipinski definition) is 0. The lowest BCUT2D eigenvalue weighted by Crippen LogP contribution is -2.27. The number of halogens is 1. The van der Waals surface area contributed by atoms with Gasteiger partial charge in [-0.2, -0.15) is 0 Å². The van der Waals surface area contributed by atoms with Crippen molar-refractivity contribution in [3.8, 4) is 34.1 Å². The predicted octanol–water partition coefficient (Wildman–Crippen LogP) is 8.97. The van der Waals surface area contributed by atoms with Crippen LogP contribution in [0, 0.1) is 6.92 Å². The fraction of sp³-hybridized carbons (Fsp3) is 0.382. The maximum absolute atomic E-state index is 6.30. The zero-order valence-corrected chi connectivity index (χ0v) is 25.5. The number of ether oxygens (including phenoxy) is 2. The number of rotatable bonds is 13. The van der Waals surface area contributed by atoms with E-state index in [0.29, 0.717) is 0 Å². The molecule has 1 atom stereocenters. The normalized spacial score (nSPS) is 12.1. The first-order valence-electron chi connectivity index (χ1n) is 14.3. The molecule has 5 nitrogen and oxygen atoms in total. The Kier molecular flexibility index (Phi) is 10.3. The number of aromatic nitrogens is 2. The van der Waals surface area contributed by atoms with Crippen molar-refractivity contribution in [2.45, 2.75) is 65.6 Å². The summed E-state index contributed by atoms with van der Waals surface area (Å²) in [5, 5.41) is 0.725. The predicted molar refractivity (Wildman–Crippen MR) is 166 cm³/mol. The highest BCUT2D eigenvalue weighted by Crippen LogP contribution is 2.40. The topological polar surface area (TPSA) is 39.5 Å². The Balaban J connectivity index is 1.89. The first-order chi connectivity index (χ1) is 19.4. The van der Waals surface area contributed by atoms with Gasteiger partial charge in [0.2, 0.25) is 0 Å². The van der Waals surface area contributed by atoms with Crippen molar-refractivity contribution >= 4 is 11.6 Å². The van der Waals surface area contributed by atoms with Gasteiger partial charge in [-0.25, -0.2) is 4.98 Å². The summed E-state index contributed by atoms with van der Waals surface area (Å²) in [6.45, 7) is 8.20. The van der Waals surface area contributed by atoms with Crippen LogP contribution in [-0.2, 0) is 13.1 Å². The average Bonchev–Trinajstić information content (AvgIpc) is 3.34. The minimum absolute atomic E-state index is 0.143. The summed E-state index contributed by atoms with van der Waals surface area (Å²) in [6.07, 6.45) is 4.24. The van der Waals surface area contributed by atoms with Gasteiger partial charge in [-0.05, 0) is 45.0 Å². The van der Waals surface area contributed by atoms with Crippen molar-refractivity contribution in [1.29, 1.82) is 0 Å². The molecule has 0 fully saturated rings. The maximum Gasteiger partial charge on any atom is 0.140 e. The van der Waals surface area contributed by atoms with Crippen LogP contribution < -0.4 is 9.47 Å². The molecule has 6 heteroatoms. The Morgan fingerprint density at radius 1 is 0.900 bits per heavy atom. The molecule has 4 rings (SSSR count). The molecule has 0 aliphatic carbocycles. The molecule has 0 bridgehead atoms. The van der Waals surface area contributed by atoms with E-state index < -0.39 is 0 Å². The second kappa shape index (κ2) is 13.9. The lowest BCUT2D eigenvalue weighted by Gasteiger charge is -2.31. The minimum atomic E-state index is 0.143. The summed E-state index contributed by atoms with van der Waals surface area (Å²) < 4.78 is 13.9. The molecule has 0 saturated heterocycles. The van der Waals surface area contributed by atoms with Gasteiger partial charge in [0, 0.05) is 40.4 Å². The molecule has 4 aromatic rings. The van der Waals surface area contributed by atoms with Crippen LogP contribution >= 0.6 is 11.6 Å². The van der Waals surface area contributed by atoms with E-state index in [0.717, 1.165) is 89.1 Å². The molecular formula is C34H42ClN3O2. The number of methoxy groups -OCH3 is 2. The maximum atomic E-state index is 6.30. The summed E-state index contributed by atoms with van der Waals surface area (Å²) >= 11 is 6.30. The second-order valence-electron chi connectivity index (χ2n) is 10.4. The Bertz CT molecular complexity index is 1380. The van der Waals surface area contributed by atoms with E-state index in [4.69, 9.17) is 26.1 Å². The molecule has 3 aromatic carbocycles. The van der Waals surface area contributed by atoms with Gasteiger partial charge in [0.1, 0.15) is 17.3 Å². The van der Waals surface area contributed by atoms with Crippen LogP contribution in [0.25, 0.3) is 22.6 Å². The van der Waals surface area contributed by atoms with Crippen LogP contribution in [0.5, 0.6) is 11.5 Å². The van der Waals surface area contributed by atoms with Crippen molar-refractivity contribution < 1.29 is 9.47 Å². The Morgan fingerprint density at radius 2 is 1.62 bits per heavy atom. The number of unbranched alkanes of at least 4 members (excludes halogenated alkanes) is 1. The van der Waals surface area contributed by atoms with Crippen molar-refractivity contribution in [2.75, 3.05) is 21.3 Å². The van der Waals surface area contributed by atoms with Crippen molar-refractivity contribution in [3.63, 3.8) is 0 Å². The van der Waals surface area contributed by atoms with Gasteiger partial charge < -0.3 is 14.0 Å². The molecule has 0 aliphatic rings. The highest BCUT2D eigenvalue weighted by Gasteiger charge is 2.29. The molecule has 0 amide bonds. The standard InChI is InChI=1S/C34H42ClN3O2/c1-7-9-22-38-32(29(13-8-2)37(4)23-27-18-21-30(39-5)24(3)33(27)40-6)31(25-16-19-28(35)20-17-25)36-34(38)26-14-11-10-12-15-26/h10-12,14-21,29H,7-9,13,22-23H2,1-6H3. The number of nitrogens with zero attached hydrogens (tertiary/aromatic N) is 3. The van der Waals surface area contributed by atoms with E-state index in [1.807, 2.05) is 18.2 Å². The van der Waals surface area contributed by atoms with Crippen LogP contribution in [0.15, 0.2) is 66.7 Å². The molecule has 212 valence electrons. The van der Waals surface area contributed by atoms with E-state index in [2.05, 4.69) is 85.8 Å². The van der Waals surface area contributed by atoms with Crippen LogP contribution in [0.1, 0.15) is 62.4 Å². The van der Waals surface area contributed by atoms with Crippen molar-refractivity contribution in [3.05, 3.63) is 88.6 Å². The number of hydrogen-bond acceptors (Lipinski definition) is 4. The molecule has 0 spiro atoms. The monoisotopic (exact) mass is 559 g/mol. The lowest BCUT2D eigenvalue weighted by atomic mass is 9.99. The molecule has 1 heterocycles. The summed E-state index contributed by atoms with van der Waals surface area (Å²) in [5.74, 6) is 2.73. The Morgan fingerprint density at radius 3 is 2.25 bits per heavy atom. The van der Waals surface area contributed by atoms with Gasteiger partial charge in [-0.1, -0.05) is 86.8 Å². The van der Waals surface area contributed by atoms with E-state index in [1.54, 1.807) is 14.2 Å². The van der Waals surface area contributed by atoms with Gasteiger partial charge in [0.25, 0.3) is 0 Å². The molecule has 40 heavy (non-hydrogen) atoms. The summed E-state index contributed by atoms with van der Waals surface area (Å²) in [5.41, 5.74) is 6.65. The second-order valence-corrected chi connectivity index (χ2v) is 10.8. The van der Waals surface area contributed by atoms with Crippen LogP contribution in [0.4, 0.5) is 0 Å². The summed E-state index contributed by atoms with van der Waals surface area (Å²) in [7, 11) is 5.65. The minimum Gasteiger partial charge on any atom is -0.496 e. The largest absolute Gasteiger partial charge is 0.496 e. The first-order valence-corrected chi connectivity index (χ1v) is 14.6. The molecule has 0 aliphatic heterocycles. The van der Waals surface area contributed by atoms with Gasteiger partial charge in [0.05, 0.1) is 31.6 Å². The molecule has 0 radical (unpaired) electrons. The summed E-state index contributed by atoms with van der Waals surface area (Å²) in [6, 6.07) is 22.9. The van der Waals surface area contributed by atoms with Crippen LogP contribution in [0.2, 0.25) is 5.02 Å². The van der Waals surface area contributed by atoms with E-state index in [-0.39, 0.29) is 6.04 Å². The van der Waals surface area contributed by atoms with Crippen molar-refractivity contribution in [2.24, 2.45) is 0 Å². The summed E-state index contributed by atoms with van der Waals surface area (Å²) in [4.78, 5) is 7.79. The molecule has 0 saturated carbocycles. The molecular weight excluding hydrogens is 518 g/mol. The highest BCUT2D eigenvalue weighted by molar-refractivity contribution is 6.30. The quantitative estimate of drug-likeness (QED) is 0.164. The molecule has 1 unspecified atom stereocenters. The fourth-order valence-electron chi connectivity index (χ4n) is 5.55. The van der Waals surface area contributed by atoms with Gasteiger partial charge in [-0.3, -0.25) is 4.90 Å². The third-order valence-corrected chi connectivity index (χ3v) is 7.84. The Hall–Kier alpha value is -3.28. The van der Waals surface area contributed by atoms with Crippen molar-refractivity contribution in [1.82, 2.24) is 14.5 Å². The smallest absolute Gasteiger partial charge is 0.140 e. The number of imidazole rings is 1. The van der Waals surface area contributed by atoms with E-state index in [1.165, 1.54) is 5.69 Å². The third kappa shape index (κ3) is 6.37. The first kappa shape index (κ1) is 29.7. The molecule has 1 aromatic heterocycles. The molecule has 0 N–H and O–H groups in total. The fourth-order valence-corrected chi connectivity index (χ4v) is 5.68. The van der Waals surface area contributed by atoms with Crippen LogP contribution in [0.3, 0.4) is 0 Å². The SMILES string of the molecule is CCCCn1c(-c2ccccc2)nc(-c2ccc(Cl)cc2)c1C(CCC)N(C)Cc1ccc(OC)c(C)c1OC. The number of benzene rings is 3. The Labute approximate surface area is 244 Å². The van der Waals surface area contributed by atoms with E-state index in [9.17, 15) is 0 Å².